The molecular weight excluding hydrogens is 376 g/mol. The number of carbonyl (C=O) groups excluding carboxylic acids is 3. The van der Waals surface area contributed by atoms with E-state index in [9.17, 15) is 14.4 Å². The van der Waals surface area contributed by atoms with Crippen LogP contribution in [-0.2, 0) is 14.3 Å². The molecule has 0 fully saturated rings. The number of ether oxygens (including phenoxy) is 3. The molecule has 8 nitrogen and oxygen atoms in total. The van der Waals surface area contributed by atoms with Gasteiger partial charge in [-0.25, -0.2) is 9.78 Å². The molecule has 1 aromatic heterocycles. The number of benzene rings is 1. The minimum absolute atomic E-state index is 0.266. The lowest BCUT2D eigenvalue weighted by Crippen LogP contribution is -2.31. The van der Waals surface area contributed by atoms with Crippen LogP contribution >= 0.6 is 11.6 Å². The molecule has 9 heteroatoms. The number of amides is 1. The van der Waals surface area contributed by atoms with Crippen molar-refractivity contribution in [3.63, 3.8) is 0 Å². The zero-order valence-corrected chi connectivity index (χ0v) is 15.4. The molecule has 142 valence electrons. The van der Waals surface area contributed by atoms with E-state index in [-0.39, 0.29) is 11.6 Å². The van der Waals surface area contributed by atoms with Crippen LogP contribution in [0, 0.1) is 0 Å². The number of methoxy groups -OCH3 is 1. The summed E-state index contributed by atoms with van der Waals surface area (Å²) in [5.41, 5.74) is 0.405. The highest BCUT2D eigenvalue weighted by molar-refractivity contribution is 6.30. The van der Waals surface area contributed by atoms with Gasteiger partial charge in [-0.2, -0.15) is 0 Å². The van der Waals surface area contributed by atoms with Gasteiger partial charge >= 0.3 is 5.97 Å². The number of aldehydes is 1. The van der Waals surface area contributed by atoms with Crippen LogP contribution in [0.3, 0.4) is 0 Å². The first kappa shape index (κ1) is 20.2. The monoisotopic (exact) mass is 392 g/mol. The Kier molecular flexibility index (Phi) is 7.13. The highest BCUT2D eigenvalue weighted by Crippen LogP contribution is 2.27. The molecule has 0 spiro atoms. The lowest BCUT2D eigenvalue weighted by atomic mass is 10.2. The topological polar surface area (TPSA) is 104 Å². The molecule has 0 unspecified atom stereocenters. The number of rotatable bonds is 8. The van der Waals surface area contributed by atoms with Crippen molar-refractivity contribution in [2.45, 2.75) is 13.0 Å². The third-order valence-electron chi connectivity index (χ3n) is 3.33. The van der Waals surface area contributed by atoms with E-state index in [1.54, 1.807) is 6.07 Å². The van der Waals surface area contributed by atoms with Crippen molar-refractivity contribution in [2.24, 2.45) is 0 Å². The summed E-state index contributed by atoms with van der Waals surface area (Å²) >= 11 is 5.72. The van der Waals surface area contributed by atoms with Crippen molar-refractivity contribution < 1.29 is 28.6 Å². The zero-order valence-electron chi connectivity index (χ0n) is 14.6. The van der Waals surface area contributed by atoms with E-state index in [1.165, 1.54) is 44.5 Å². The number of pyridine rings is 1. The highest BCUT2D eigenvalue weighted by Gasteiger charge is 2.19. The smallest absolute Gasteiger partial charge is 0.344 e. The van der Waals surface area contributed by atoms with Crippen molar-refractivity contribution >= 4 is 35.6 Å². The minimum atomic E-state index is -1.06. The maximum Gasteiger partial charge on any atom is 0.344 e. The molecule has 0 aliphatic carbocycles. The maximum atomic E-state index is 12.0. The molecule has 1 aromatic carbocycles. The zero-order chi connectivity index (χ0) is 19.8. The van der Waals surface area contributed by atoms with E-state index < -0.39 is 24.6 Å². The fourth-order valence-electron chi connectivity index (χ4n) is 1.98. The molecule has 0 bridgehead atoms. The summed E-state index contributed by atoms with van der Waals surface area (Å²) in [5, 5.41) is 2.93. The van der Waals surface area contributed by atoms with Gasteiger partial charge in [-0.1, -0.05) is 11.6 Å². The largest absolute Gasteiger partial charge is 0.493 e. The van der Waals surface area contributed by atoms with Crippen LogP contribution < -0.4 is 14.8 Å². The quantitative estimate of drug-likeness (QED) is 0.543. The number of anilines is 1. The summed E-state index contributed by atoms with van der Waals surface area (Å²) < 4.78 is 15.4. The Hall–Kier alpha value is -3.13. The SMILES string of the molecule is COc1cc(C=O)ccc1OCC(=O)O[C@@H](C)C(=O)Nc1ccc(Cl)cn1. The Balaban J connectivity index is 1.86. The average molecular weight is 393 g/mol. The van der Waals surface area contributed by atoms with Crippen molar-refractivity contribution in [3.05, 3.63) is 47.1 Å². The lowest BCUT2D eigenvalue weighted by Gasteiger charge is -2.14. The number of nitrogens with zero attached hydrogens (tertiary/aromatic N) is 1. The number of aromatic nitrogens is 1. The number of carbonyl (C=O) groups is 3. The molecule has 1 N–H and O–H groups in total. The van der Waals surface area contributed by atoms with Gasteiger partial charge in [-0.05, 0) is 37.3 Å². The predicted molar refractivity (Wildman–Crippen MR) is 97.3 cm³/mol. The number of esters is 1. The Labute approximate surface area is 160 Å². The number of hydrogen-bond acceptors (Lipinski definition) is 7. The summed E-state index contributed by atoms with van der Waals surface area (Å²) in [6, 6.07) is 7.58. The van der Waals surface area contributed by atoms with Crippen molar-refractivity contribution in [2.75, 3.05) is 19.0 Å². The van der Waals surface area contributed by atoms with Gasteiger partial charge in [0, 0.05) is 11.8 Å². The molecule has 27 heavy (non-hydrogen) atoms. The van der Waals surface area contributed by atoms with Crippen LogP contribution in [0.1, 0.15) is 17.3 Å². The fourth-order valence-corrected chi connectivity index (χ4v) is 2.09. The van der Waals surface area contributed by atoms with Gasteiger partial charge in [0.15, 0.2) is 24.2 Å². The van der Waals surface area contributed by atoms with Crippen LogP contribution in [0.2, 0.25) is 5.02 Å². The minimum Gasteiger partial charge on any atom is -0.493 e. The fraction of sp³-hybridized carbons (Fsp3) is 0.222. The number of nitrogens with one attached hydrogen (secondary N) is 1. The number of hydrogen-bond donors (Lipinski definition) is 1. The second-order valence-electron chi connectivity index (χ2n) is 5.30. The van der Waals surface area contributed by atoms with Crippen LogP contribution in [0.4, 0.5) is 5.82 Å². The molecule has 0 radical (unpaired) electrons. The molecule has 2 aromatic rings. The number of halogens is 1. The van der Waals surface area contributed by atoms with E-state index in [2.05, 4.69) is 10.3 Å². The van der Waals surface area contributed by atoms with Crippen molar-refractivity contribution in [1.29, 1.82) is 0 Å². The first-order chi connectivity index (χ1) is 12.9. The summed E-state index contributed by atoms with van der Waals surface area (Å²) in [5.74, 6) is -0.451. The van der Waals surface area contributed by atoms with E-state index in [0.717, 1.165) is 0 Å². The Bertz CT molecular complexity index is 825. The summed E-state index contributed by atoms with van der Waals surface area (Å²) in [7, 11) is 1.41. The van der Waals surface area contributed by atoms with E-state index in [4.69, 9.17) is 25.8 Å². The van der Waals surface area contributed by atoms with Crippen LogP contribution in [-0.4, -0.2) is 43.0 Å². The molecular formula is C18H17ClN2O6. The van der Waals surface area contributed by atoms with Crippen LogP contribution in [0.25, 0.3) is 0 Å². The van der Waals surface area contributed by atoms with E-state index in [1.807, 2.05) is 0 Å². The summed E-state index contributed by atoms with van der Waals surface area (Å²) in [6.07, 6.45) is 0.986. The molecule has 0 aliphatic heterocycles. The van der Waals surface area contributed by atoms with Gasteiger partial charge in [-0.15, -0.1) is 0 Å². The maximum absolute atomic E-state index is 12.0. The lowest BCUT2D eigenvalue weighted by molar-refractivity contribution is -0.155. The Morgan fingerprint density at radius 1 is 1.26 bits per heavy atom. The van der Waals surface area contributed by atoms with Gasteiger partial charge in [0.1, 0.15) is 12.1 Å². The molecule has 2 rings (SSSR count). The second kappa shape index (κ2) is 9.54. The molecule has 1 atom stereocenters. The predicted octanol–water partition coefficient (Wildman–Crippen LogP) is 2.51. The summed E-state index contributed by atoms with van der Waals surface area (Å²) in [6.45, 7) is 0.982. The second-order valence-corrected chi connectivity index (χ2v) is 5.74. The molecule has 1 amide bonds. The molecule has 0 saturated carbocycles. The van der Waals surface area contributed by atoms with Crippen LogP contribution in [0.5, 0.6) is 11.5 Å². The Morgan fingerprint density at radius 2 is 2.04 bits per heavy atom. The third kappa shape index (κ3) is 5.96. The molecule has 0 saturated heterocycles. The average Bonchev–Trinajstić information content (AvgIpc) is 2.67. The first-order valence-electron chi connectivity index (χ1n) is 7.81. The highest BCUT2D eigenvalue weighted by atomic mass is 35.5. The van der Waals surface area contributed by atoms with E-state index >= 15 is 0 Å². The van der Waals surface area contributed by atoms with Gasteiger partial charge < -0.3 is 19.5 Å². The standard InChI is InChI=1S/C18H17ClN2O6/c1-11(18(24)21-16-6-4-13(19)8-20-16)27-17(23)10-26-14-5-3-12(9-22)7-15(14)25-2/h3-9,11H,10H2,1-2H3,(H,20,21,24)/t11-/m0/s1. The van der Waals surface area contributed by atoms with Gasteiger partial charge in [0.2, 0.25) is 0 Å². The van der Waals surface area contributed by atoms with Crippen molar-refractivity contribution in [3.8, 4) is 11.5 Å². The molecule has 1 heterocycles. The third-order valence-corrected chi connectivity index (χ3v) is 3.55. The van der Waals surface area contributed by atoms with Crippen LogP contribution in [0.15, 0.2) is 36.5 Å². The first-order valence-corrected chi connectivity index (χ1v) is 8.18. The Morgan fingerprint density at radius 3 is 2.67 bits per heavy atom. The normalized spacial score (nSPS) is 11.2. The van der Waals surface area contributed by atoms with Gasteiger partial charge in [0.25, 0.3) is 5.91 Å². The van der Waals surface area contributed by atoms with Crippen molar-refractivity contribution in [1.82, 2.24) is 4.98 Å². The van der Waals surface area contributed by atoms with E-state index in [0.29, 0.717) is 22.6 Å². The van der Waals surface area contributed by atoms with Gasteiger partial charge in [0.05, 0.1) is 12.1 Å². The molecule has 0 aliphatic rings. The van der Waals surface area contributed by atoms with Gasteiger partial charge in [-0.3, -0.25) is 9.59 Å². The summed E-state index contributed by atoms with van der Waals surface area (Å²) in [4.78, 5) is 38.6.